The fourth-order valence-electron chi connectivity index (χ4n) is 2.86. The molecule has 2 unspecified atom stereocenters. The summed E-state index contributed by atoms with van der Waals surface area (Å²) in [6.45, 7) is 11.6. The van der Waals surface area contributed by atoms with E-state index in [2.05, 4.69) is 94.5 Å². The molecule has 1 heteroatoms. The number of rotatable bonds is 6. The average Bonchev–Trinajstić information content (AvgIpc) is 2.54. The van der Waals surface area contributed by atoms with Crippen molar-refractivity contribution in [2.75, 3.05) is 5.32 Å². The maximum absolute atomic E-state index is 3.85. The topological polar surface area (TPSA) is 12.0 Å². The van der Waals surface area contributed by atoms with Crippen molar-refractivity contribution in [2.24, 2.45) is 11.3 Å². The van der Waals surface area contributed by atoms with Crippen LogP contribution < -0.4 is 5.32 Å². The van der Waals surface area contributed by atoms with Crippen LogP contribution in [0.15, 0.2) is 54.6 Å². The molecule has 2 aromatic carbocycles. The summed E-state index contributed by atoms with van der Waals surface area (Å²) in [5.74, 6) is 0.732. The van der Waals surface area contributed by atoms with Crippen LogP contribution >= 0.6 is 0 Å². The van der Waals surface area contributed by atoms with Crippen molar-refractivity contribution in [1.82, 2.24) is 0 Å². The summed E-state index contributed by atoms with van der Waals surface area (Å²) in [7, 11) is 0. The lowest BCUT2D eigenvalue weighted by molar-refractivity contribution is 0.291. The van der Waals surface area contributed by atoms with Gasteiger partial charge in [0, 0.05) is 17.3 Å². The Hall–Kier alpha value is -1.76. The molecule has 0 bridgehead atoms. The number of hydrogen-bond donors (Lipinski definition) is 1. The molecule has 0 aliphatic heterocycles. The standard InChI is InChI=1S/C22H31N/c1-6-17(2)16-21(22(3,4)5)23-20-15-11-10-14-19(20)18-12-8-7-9-13-18/h7-15,17,21,23H,6,16H2,1-5H3. The van der Waals surface area contributed by atoms with Gasteiger partial charge in [-0.2, -0.15) is 0 Å². The fraction of sp³-hybridized carbons (Fsp3) is 0.455. The van der Waals surface area contributed by atoms with E-state index in [-0.39, 0.29) is 5.41 Å². The molecule has 0 aliphatic carbocycles. The van der Waals surface area contributed by atoms with E-state index in [1.54, 1.807) is 0 Å². The minimum Gasteiger partial charge on any atom is -0.381 e. The first-order valence-corrected chi connectivity index (χ1v) is 8.82. The lowest BCUT2D eigenvalue weighted by Crippen LogP contribution is -2.35. The van der Waals surface area contributed by atoms with Gasteiger partial charge in [-0.3, -0.25) is 0 Å². The molecule has 0 aromatic heterocycles. The molecule has 0 spiro atoms. The Morgan fingerprint density at radius 2 is 1.52 bits per heavy atom. The number of nitrogens with one attached hydrogen (secondary N) is 1. The van der Waals surface area contributed by atoms with Crippen molar-refractivity contribution in [3.63, 3.8) is 0 Å². The fourth-order valence-corrected chi connectivity index (χ4v) is 2.86. The van der Waals surface area contributed by atoms with Gasteiger partial charge < -0.3 is 5.32 Å². The Kier molecular flexibility index (Phi) is 5.87. The highest BCUT2D eigenvalue weighted by molar-refractivity contribution is 5.77. The van der Waals surface area contributed by atoms with Crippen molar-refractivity contribution in [1.29, 1.82) is 0 Å². The highest BCUT2D eigenvalue weighted by Crippen LogP contribution is 2.33. The highest BCUT2D eigenvalue weighted by Gasteiger charge is 2.26. The van der Waals surface area contributed by atoms with Crippen LogP contribution in [0.25, 0.3) is 11.1 Å². The SMILES string of the molecule is CCC(C)CC(Nc1ccccc1-c1ccccc1)C(C)(C)C. The molecule has 1 nitrogen and oxygen atoms in total. The summed E-state index contributed by atoms with van der Waals surface area (Å²) in [6.07, 6.45) is 2.43. The third-order valence-electron chi connectivity index (χ3n) is 4.72. The largest absolute Gasteiger partial charge is 0.381 e. The first-order chi connectivity index (χ1) is 10.9. The summed E-state index contributed by atoms with van der Waals surface area (Å²) in [5, 5.41) is 3.85. The van der Waals surface area contributed by atoms with E-state index in [9.17, 15) is 0 Å². The van der Waals surface area contributed by atoms with Gasteiger partial charge in [0.05, 0.1) is 0 Å². The molecular weight excluding hydrogens is 278 g/mol. The van der Waals surface area contributed by atoms with Gasteiger partial charge in [0.1, 0.15) is 0 Å². The van der Waals surface area contributed by atoms with Crippen molar-refractivity contribution in [3.8, 4) is 11.1 Å². The maximum Gasteiger partial charge on any atom is 0.0422 e. The molecule has 23 heavy (non-hydrogen) atoms. The molecule has 0 fully saturated rings. The second-order valence-electron chi connectivity index (χ2n) is 7.72. The van der Waals surface area contributed by atoms with Crippen molar-refractivity contribution < 1.29 is 0 Å². The molecule has 1 N–H and O–H groups in total. The predicted octanol–water partition coefficient (Wildman–Crippen LogP) is 6.62. The van der Waals surface area contributed by atoms with Crippen molar-refractivity contribution >= 4 is 5.69 Å². The summed E-state index contributed by atoms with van der Waals surface area (Å²) in [4.78, 5) is 0. The van der Waals surface area contributed by atoms with Gasteiger partial charge in [0.2, 0.25) is 0 Å². The lowest BCUT2D eigenvalue weighted by Gasteiger charge is -2.35. The van der Waals surface area contributed by atoms with Gasteiger partial charge in [-0.1, -0.05) is 89.6 Å². The normalized spacial score (nSPS) is 14.3. The zero-order chi connectivity index (χ0) is 16.9. The summed E-state index contributed by atoms with van der Waals surface area (Å²) < 4.78 is 0. The zero-order valence-corrected chi connectivity index (χ0v) is 15.3. The maximum atomic E-state index is 3.85. The van der Waals surface area contributed by atoms with Crippen LogP contribution in [0.4, 0.5) is 5.69 Å². The third kappa shape index (κ3) is 4.86. The first-order valence-electron chi connectivity index (χ1n) is 8.82. The molecular formula is C22H31N. The van der Waals surface area contributed by atoms with Crippen LogP contribution in [0.5, 0.6) is 0 Å². The lowest BCUT2D eigenvalue weighted by atomic mass is 9.81. The van der Waals surface area contributed by atoms with Crippen LogP contribution in [-0.2, 0) is 0 Å². The van der Waals surface area contributed by atoms with E-state index in [0.717, 1.165) is 5.92 Å². The highest BCUT2D eigenvalue weighted by atomic mass is 14.9. The van der Waals surface area contributed by atoms with E-state index >= 15 is 0 Å². The van der Waals surface area contributed by atoms with E-state index in [1.807, 2.05) is 0 Å². The Labute approximate surface area is 142 Å². The van der Waals surface area contributed by atoms with Gasteiger partial charge in [-0.25, -0.2) is 0 Å². The minimum absolute atomic E-state index is 0.229. The second-order valence-corrected chi connectivity index (χ2v) is 7.72. The van der Waals surface area contributed by atoms with E-state index in [1.165, 1.54) is 29.7 Å². The zero-order valence-electron chi connectivity index (χ0n) is 15.3. The number of para-hydroxylation sites is 1. The molecule has 2 rings (SSSR count). The molecule has 124 valence electrons. The monoisotopic (exact) mass is 309 g/mol. The van der Waals surface area contributed by atoms with Gasteiger partial charge in [0.25, 0.3) is 0 Å². The second kappa shape index (κ2) is 7.68. The molecule has 0 saturated carbocycles. The molecule has 0 amide bonds. The van der Waals surface area contributed by atoms with Crippen molar-refractivity contribution in [2.45, 2.75) is 53.5 Å². The van der Waals surface area contributed by atoms with Crippen LogP contribution in [0.1, 0.15) is 47.5 Å². The van der Waals surface area contributed by atoms with E-state index in [4.69, 9.17) is 0 Å². The van der Waals surface area contributed by atoms with Crippen molar-refractivity contribution in [3.05, 3.63) is 54.6 Å². The minimum atomic E-state index is 0.229. The Morgan fingerprint density at radius 1 is 0.913 bits per heavy atom. The molecule has 0 saturated heterocycles. The van der Waals surface area contributed by atoms with Crippen LogP contribution in [0.3, 0.4) is 0 Å². The third-order valence-corrected chi connectivity index (χ3v) is 4.72. The Morgan fingerprint density at radius 3 is 2.13 bits per heavy atom. The molecule has 0 aliphatic rings. The van der Waals surface area contributed by atoms with Gasteiger partial charge in [-0.05, 0) is 29.4 Å². The average molecular weight is 309 g/mol. The number of hydrogen-bond acceptors (Lipinski definition) is 1. The van der Waals surface area contributed by atoms with E-state index in [0.29, 0.717) is 6.04 Å². The summed E-state index contributed by atoms with van der Waals surface area (Å²) in [5.41, 5.74) is 4.02. The number of anilines is 1. The van der Waals surface area contributed by atoms with Gasteiger partial charge >= 0.3 is 0 Å². The number of benzene rings is 2. The summed E-state index contributed by atoms with van der Waals surface area (Å²) >= 11 is 0. The smallest absolute Gasteiger partial charge is 0.0422 e. The quantitative estimate of drug-likeness (QED) is 0.632. The van der Waals surface area contributed by atoms with E-state index < -0.39 is 0 Å². The van der Waals surface area contributed by atoms with Gasteiger partial charge in [-0.15, -0.1) is 0 Å². The van der Waals surface area contributed by atoms with Gasteiger partial charge in [0.15, 0.2) is 0 Å². The van der Waals surface area contributed by atoms with Crippen LogP contribution in [0, 0.1) is 11.3 Å². The molecule has 0 radical (unpaired) electrons. The van der Waals surface area contributed by atoms with Crippen LogP contribution in [0.2, 0.25) is 0 Å². The first kappa shape index (κ1) is 17.6. The molecule has 0 heterocycles. The molecule has 2 aromatic rings. The molecule has 2 atom stereocenters. The summed E-state index contributed by atoms with van der Waals surface area (Å²) in [6, 6.07) is 19.8. The van der Waals surface area contributed by atoms with Crippen LogP contribution in [-0.4, -0.2) is 6.04 Å². The predicted molar refractivity (Wildman–Crippen MR) is 103 cm³/mol. The Balaban J connectivity index is 2.30. The Bertz CT molecular complexity index is 595.